The maximum atomic E-state index is 6.00. The minimum Gasteiger partial charge on any atom is -0.493 e. The summed E-state index contributed by atoms with van der Waals surface area (Å²) < 4.78 is 12.8. The third-order valence-corrected chi connectivity index (χ3v) is 5.08. The minimum atomic E-state index is 0.538. The Kier molecular flexibility index (Phi) is 4.15. The molecular weight excluding hydrogens is 332 g/mol. The van der Waals surface area contributed by atoms with Crippen molar-refractivity contribution < 1.29 is 9.15 Å². The zero-order valence-corrected chi connectivity index (χ0v) is 14.7. The molecule has 0 saturated heterocycles. The Bertz CT molecular complexity index is 1010. The molecule has 0 bridgehead atoms. The molecule has 0 atom stereocenters. The van der Waals surface area contributed by atoms with Crippen LogP contribution < -0.4 is 10.5 Å². The van der Waals surface area contributed by atoms with E-state index in [9.17, 15) is 0 Å². The van der Waals surface area contributed by atoms with Crippen LogP contribution in [-0.2, 0) is 6.42 Å². The molecule has 0 aliphatic carbocycles. The number of thiophene rings is 1. The molecule has 0 unspecified atom stereocenters. The summed E-state index contributed by atoms with van der Waals surface area (Å²) >= 11 is 1.63. The Morgan fingerprint density at radius 3 is 2.80 bits per heavy atom. The zero-order valence-electron chi connectivity index (χ0n) is 13.9. The number of aryl methyl sites for hydroxylation is 1. The second kappa shape index (κ2) is 6.61. The number of rotatable bonds is 5. The maximum absolute atomic E-state index is 6.00. The lowest BCUT2D eigenvalue weighted by atomic mass is 10.2. The molecule has 2 aromatic carbocycles. The number of aromatic nitrogens is 1. The second-order valence-electron chi connectivity index (χ2n) is 5.80. The molecule has 0 aliphatic rings. The van der Waals surface area contributed by atoms with E-state index in [0.29, 0.717) is 18.9 Å². The molecular formula is C20H18N2O2S. The molecule has 4 aromatic rings. The summed E-state index contributed by atoms with van der Waals surface area (Å²) in [7, 11) is 0. The van der Waals surface area contributed by atoms with E-state index in [2.05, 4.69) is 4.98 Å². The van der Waals surface area contributed by atoms with E-state index in [1.807, 2.05) is 60.8 Å². The minimum absolute atomic E-state index is 0.538. The molecule has 0 saturated carbocycles. The first-order valence-corrected chi connectivity index (χ1v) is 9.00. The summed E-state index contributed by atoms with van der Waals surface area (Å²) in [5.74, 6) is 2.34. The smallest absolute Gasteiger partial charge is 0.226 e. The third-order valence-electron chi connectivity index (χ3n) is 4.12. The van der Waals surface area contributed by atoms with Crippen LogP contribution in [0.3, 0.4) is 0 Å². The predicted octanol–water partition coefficient (Wildman–Crippen LogP) is 5.07. The van der Waals surface area contributed by atoms with Crippen LogP contribution in [0.5, 0.6) is 5.75 Å². The number of fused-ring (bicyclic) bond motifs is 1. The third kappa shape index (κ3) is 3.10. The second-order valence-corrected chi connectivity index (χ2v) is 6.72. The number of nitrogens with zero attached hydrogens (tertiary/aromatic N) is 1. The molecule has 0 amide bonds. The Labute approximate surface area is 149 Å². The van der Waals surface area contributed by atoms with Crippen LogP contribution in [0, 0.1) is 6.92 Å². The molecule has 2 heterocycles. The lowest BCUT2D eigenvalue weighted by molar-refractivity contribution is 0.323. The van der Waals surface area contributed by atoms with Crippen LogP contribution in [0.4, 0.5) is 5.69 Å². The lowest BCUT2D eigenvalue weighted by Crippen LogP contribution is -2.03. The summed E-state index contributed by atoms with van der Waals surface area (Å²) in [5.41, 5.74) is 8.70. The number of anilines is 1. The summed E-state index contributed by atoms with van der Waals surface area (Å²) in [5, 5.41) is 3.09. The van der Waals surface area contributed by atoms with Crippen molar-refractivity contribution in [1.29, 1.82) is 0 Å². The highest BCUT2D eigenvalue weighted by molar-refractivity contribution is 7.17. The first kappa shape index (κ1) is 15.7. The normalized spacial score (nSPS) is 11.1. The maximum Gasteiger partial charge on any atom is 0.226 e. The van der Waals surface area contributed by atoms with Crippen LogP contribution in [0.15, 0.2) is 58.3 Å². The van der Waals surface area contributed by atoms with Crippen molar-refractivity contribution >= 4 is 27.1 Å². The largest absolute Gasteiger partial charge is 0.493 e. The van der Waals surface area contributed by atoms with E-state index >= 15 is 0 Å². The zero-order chi connectivity index (χ0) is 17.2. The highest BCUT2D eigenvalue weighted by Crippen LogP contribution is 2.34. The van der Waals surface area contributed by atoms with Crippen LogP contribution in [0.2, 0.25) is 0 Å². The van der Waals surface area contributed by atoms with Gasteiger partial charge in [-0.05, 0) is 42.6 Å². The van der Waals surface area contributed by atoms with Crippen molar-refractivity contribution in [3.63, 3.8) is 0 Å². The summed E-state index contributed by atoms with van der Waals surface area (Å²) in [6.07, 6.45) is 0.693. The van der Waals surface area contributed by atoms with Gasteiger partial charge in [0.15, 0.2) is 0 Å². The van der Waals surface area contributed by atoms with Crippen molar-refractivity contribution in [3.8, 4) is 17.2 Å². The highest BCUT2D eigenvalue weighted by atomic mass is 32.1. The topological polar surface area (TPSA) is 61.3 Å². The van der Waals surface area contributed by atoms with E-state index in [1.165, 1.54) is 0 Å². The standard InChI is InChI=1S/C20H18N2O2S/c1-13-17(22-20(24-13)14-5-3-2-4-6-14)9-11-23-18-8-7-16(21)19-15(18)10-12-25-19/h2-8,10,12H,9,11,21H2,1H3. The van der Waals surface area contributed by atoms with E-state index < -0.39 is 0 Å². The van der Waals surface area contributed by atoms with Gasteiger partial charge >= 0.3 is 0 Å². The van der Waals surface area contributed by atoms with Crippen molar-refractivity contribution in [2.45, 2.75) is 13.3 Å². The van der Waals surface area contributed by atoms with Crippen LogP contribution >= 0.6 is 11.3 Å². The van der Waals surface area contributed by atoms with Crippen molar-refractivity contribution in [2.24, 2.45) is 0 Å². The van der Waals surface area contributed by atoms with Crippen molar-refractivity contribution in [2.75, 3.05) is 12.3 Å². The van der Waals surface area contributed by atoms with Gasteiger partial charge in [0, 0.05) is 23.1 Å². The number of benzene rings is 2. The van der Waals surface area contributed by atoms with Crippen molar-refractivity contribution in [1.82, 2.24) is 4.98 Å². The van der Waals surface area contributed by atoms with E-state index in [-0.39, 0.29) is 0 Å². The number of oxazole rings is 1. The monoisotopic (exact) mass is 350 g/mol. The Morgan fingerprint density at radius 2 is 1.96 bits per heavy atom. The van der Waals surface area contributed by atoms with E-state index in [0.717, 1.165) is 38.5 Å². The number of hydrogen-bond donors (Lipinski definition) is 1. The van der Waals surface area contributed by atoms with Gasteiger partial charge in [0.1, 0.15) is 11.5 Å². The highest BCUT2D eigenvalue weighted by Gasteiger charge is 2.12. The number of nitrogens with two attached hydrogens (primary N) is 1. The molecule has 4 nitrogen and oxygen atoms in total. The number of nitrogen functional groups attached to an aromatic ring is 1. The first-order valence-electron chi connectivity index (χ1n) is 8.12. The average molecular weight is 350 g/mol. The molecule has 0 radical (unpaired) electrons. The van der Waals surface area contributed by atoms with Crippen LogP contribution in [-0.4, -0.2) is 11.6 Å². The van der Waals surface area contributed by atoms with Gasteiger partial charge in [-0.3, -0.25) is 0 Å². The molecule has 0 spiro atoms. The quantitative estimate of drug-likeness (QED) is 0.511. The molecule has 2 N–H and O–H groups in total. The van der Waals surface area contributed by atoms with Gasteiger partial charge in [-0.15, -0.1) is 11.3 Å². The van der Waals surface area contributed by atoms with Crippen molar-refractivity contribution in [3.05, 3.63) is 65.4 Å². The molecule has 4 rings (SSSR count). The van der Waals surface area contributed by atoms with Gasteiger partial charge in [0.25, 0.3) is 0 Å². The fourth-order valence-corrected chi connectivity index (χ4v) is 3.65. The average Bonchev–Trinajstić information content (AvgIpc) is 3.26. The summed E-state index contributed by atoms with van der Waals surface area (Å²) in [6.45, 7) is 2.48. The molecule has 2 aromatic heterocycles. The van der Waals surface area contributed by atoms with Crippen LogP contribution in [0.25, 0.3) is 21.5 Å². The molecule has 25 heavy (non-hydrogen) atoms. The number of hydrogen-bond acceptors (Lipinski definition) is 5. The van der Waals surface area contributed by atoms with Gasteiger partial charge in [0.2, 0.25) is 5.89 Å². The molecule has 5 heteroatoms. The van der Waals surface area contributed by atoms with E-state index in [1.54, 1.807) is 11.3 Å². The van der Waals surface area contributed by atoms with Gasteiger partial charge < -0.3 is 14.9 Å². The SMILES string of the molecule is Cc1oc(-c2ccccc2)nc1CCOc1ccc(N)c2sccc12. The fraction of sp³-hybridized carbons (Fsp3) is 0.150. The van der Waals surface area contributed by atoms with Gasteiger partial charge in [-0.25, -0.2) is 4.98 Å². The van der Waals surface area contributed by atoms with Gasteiger partial charge in [-0.1, -0.05) is 18.2 Å². The van der Waals surface area contributed by atoms with E-state index in [4.69, 9.17) is 14.9 Å². The Hall–Kier alpha value is -2.79. The summed E-state index contributed by atoms with van der Waals surface area (Å²) in [4.78, 5) is 4.61. The Morgan fingerprint density at radius 1 is 1.12 bits per heavy atom. The molecule has 0 aliphatic heterocycles. The number of ether oxygens (including phenoxy) is 1. The lowest BCUT2D eigenvalue weighted by Gasteiger charge is -2.07. The fourth-order valence-electron chi connectivity index (χ4n) is 2.81. The molecule has 126 valence electrons. The molecule has 0 fully saturated rings. The first-order chi connectivity index (χ1) is 12.2. The van der Waals surface area contributed by atoms with Gasteiger partial charge in [0.05, 0.1) is 17.0 Å². The summed E-state index contributed by atoms with van der Waals surface area (Å²) in [6, 6.07) is 15.8. The predicted molar refractivity (Wildman–Crippen MR) is 102 cm³/mol. The van der Waals surface area contributed by atoms with Gasteiger partial charge in [-0.2, -0.15) is 0 Å². The Balaban J connectivity index is 1.48. The van der Waals surface area contributed by atoms with Crippen LogP contribution in [0.1, 0.15) is 11.5 Å².